The zero-order valence-electron chi connectivity index (χ0n) is 6.69. The Kier molecular flexibility index (Phi) is 2.38. The number of halogens is 1. The standard InChI is InChI=1S/C8H9N3.BrH/c1-6-5-11-4-2-3-7(9)8(11)10-6;/h2-5H,9H2,1H3;1H. The summed E-state index contributed by atoms with van der Waals surface area (Å²) >= 11 is 0. The summed E-state index contributed by atoms with van der Waals surface area (Å²) in [6, 6.07) is 3.76. The lowest BCUT2D eigenvalue weighted by Gasteiger charge is -1.94. The summed E-state index contributed by atoms with van der Waals surface area (Å²) in [5.74, 6) is 0. The minimum atomic E-state index is 0. The SMILES string of the molecule is Br.Cc1cn2cccc(N)c2n1. The van der Waals surface area contributed by atoms with E-state index >= 15 is 0 Å². The number of rotatable bonds is 0. The van der Waals surface area contributed by atoms with Crippen molar-refractivity contribution in [2.24, 2.45) is 0 Å². The van der Waals surface area contributed by atoms with Crippen LogP contribution in [0.25, 0.3) is 5.65 Å². The Labute approximate surface area is 81.0 Å². The van der Waals surface area contributed by atoms with Crippen molar-refractivity contribution in [2.45, 2.75) is 6.92 Å². The Bertz CT molecular complexity index is 394. The highest BCUT2D eigenvalue weighted by molar-refractivity contribution is 8.93. The number of anilines is 1. The van der Waals surface area contributed by atoms with Gasteiger partial charge in [0.1, 0.15) is 0 Å². The molecule has 0 aromatic carbocycles. The fourth-order valence-electron chi connectivity index (χ4n) is 1.16. The van der Waals surface area contributed by atoms with Crippen molar-refractivity contribution < 1.29 is 0 Å². The van der Waals surface area contributed by atoms with E-state index in [1.54, 1.807) is 0 Å². The van der Waals surface area contributed by atoms with Crippen molar-refractivity contribution in [1.82, 2.24) is 9.38 Å². The zero-order chi connectivity index (χ0) is 7.84. The van der Waals surface area contributed by atoms with Gasteiger partial charge < -0.3 is 10.1 Å². The van der Waals surface area contributed by atoms with Crippen LogP contribution in [0.1, 0.15) is 5.69 Å². The van der Waals surface area contributed by atoms with E-state index in [-0.39, 0.29) is 17.0 Å². The first-order valence-corrected chi connectivity index (χ1v) is 3.47. The van der Waals surface area contributed by atoms with Crippen molar-refractivity contribution in [2.75, 3.05) is 5.73 Å². The molecule has 4 heteroatoms. The second kappa shape index (κ2) is 3.15. The predicted molar refractivity (Wildman–Crippen MR) is 54.7 cm³/mol. The largest absolute Gasteiger partial charge is 0.396 e. The molecular formula is C8H10BrN3. The van der Waals surface area contributed by atoms with Gasteiger partial charge in [-0.3, -0.25) is 0 Å². The van der Waals surface area contributed by atoms with Crippen LogP contribution in [0.3, 0.4) is 0 Å². The highest BCUT2D eigenvalue weighted by Crippen LogP contribution is 2.11. The number of hydrogen-bond acceptors (Lipinski definition) is 2. The molecule has 2 rings (SSSR count). The van der Waals surface area contributed by atoms with Gasteiger partial charge in [0.15, 0.2) is 5.65 Å². The molecule has 0 spiro atoms. The van der Waals surface area contributed by atoms with Crippen LogP contribution in [0.15, 0.2) is 24.5 Å². The van der Waals surface area contributed by atoms with Crippen LogP contribution in [-0.4, -0.2) is 9.38 Å². The van der Waals surface area contributed by atoms with Crippen molar-refractivity contribution in [1.29, 1.82) is 0 Å². The number of hydrogen-bond donors (Lipinski definition) is 1. The van der Waals surface area contributed by atoms with Gasteiger partial charge in [-0.25, -0.2) is 4.98 Å². The minimum Gasteiger partial charge on any atom is -0.396 e. The van der Waals surface area contributed by atoms with Crippen LogP contribution < -0.4 is 5.73 Å². The molecule has 2 N–H and O–H groups in total. The molecule has 2 aromatic heterocycles. The first-order chi connectivity index (χ1) is 5.27. The predicted octanol–water partition coefficient (Wildman–Crippen LogP) is 1.80. The number of imidazole rings is 1. The van der Waals surface area contributed by atoms with Gasteiger partial charge in [0.25, 0.3) is 0 Å². The van der Waals surface area contributed by atoms with E-state index < -0.39 is 0 Å². The van der Waals surface area contributed by atoms with Gasteiger partial charge in [-0.15, -0.1) is 17.0 Å². The number of pyridine rings is 1. The molecule has 0 bridgehead atoms. The summed E-state index contributed by atoms with van der Waals surface area (Å²) in [5, 5.41) is 0. The van der Waals surface area contributed by atoms with E-state index in [2.05, 4.69) is 4.98 Å². The lowest BCUT2D eigenvalue weighted by atomic mass is 10.4. The highest BCUT2D eigenvalue weighted by atomic mass is 79.9. The molecule has 0 amide bonds. The number of aryl methyl sites for hydroxylation is 1. The summed E-state index contributed by atoms with van der Waals surface area (Å²) in [5.41, 5.74) is 8.24. The normalized spacial score (nSPS) is 9.75. The topological polar surface area (TPSA) is 43.3 Å². The van der Waals surface area contributed by atoms with Crippen molar-refractivity contribution in [3.05, 3.63) is 30.2 Å². The Morgan fingerprint density at radius 3 is 2.92 bits per heavy atom. The average Bonchev–Trinajstić information content (AvgIpc) is 2.31. The van der Waals surface area contributed by atoms with Crippen LogP contribution in [0.4, 0.5) is 5.69 Å². The maximum atomic E-state index is 5.69. The fraction of sp³-hybridized carbons (Fsp3) is 0.125. The van der Waals surface area contributed by atoms with E-state index in [1.165, 1.54) is 0 Å². The number of nitrogen functional groups attached to an aromatic ring is 1. The summed E-state index contributed by atoms with van der Waals surface area (Å²) < 4.78 is 1.92. The second-order valence-corrected chi connectivity index (χ2v) is 2.58. The molecule has 0 radical (unpaired) electrons. The minimum absolute atomic E-state index is 0. The van der Waals surface area contributed by atoms with Crippen LogP contribution in [0.2, 0.25) is 0 Å². The molecule has 12 heavy (non-hydrogen) atoms. The van der Waals surface area contributed by atoms with Gasteiger partial charge in [0.2, 0.25) is 0 Å². The first kappa shape index (κ1) is 9.06. The molecular weight excluding hydrogens is 218 g/mol. The lowest BCUT2D eigenvalue weighted by molar-refractivity contribution is 1.19. The van der Waals surface area contributed by atoms with Crippen LogP contribution >= 0.6 is 17.0 Å². The molecule has 64 valence electrons. The number of fused-ring (bicyclic) bond motifs is 1. The summed E-state index contributed by atoms with van der Waals surface area (Å²) in [6.45, 7) is 1.95. The quantitative estimate of drug-likeness (QED) is 0.747. The summed E-state index contributed by atoms with van der Waals surface area (Å²) in [4.78, 5) is 4.25. The molecule has 0 aliphatic carbocycles. The van der Waals surface area contributed by atoms with E-state index in [4.69, 9.17) is 5.73 Å². The van der Waals surface area contributed by atoms with Crippen molar-refractivity contribution in [3.8, 4) is 0 Å². The second-order valence-electron chi connectivity index (χ2n) is 2.58. The molecule has 0 aliphatic rings. The van der Waals surface area contributed by atoms with Crippen molar-refractivity contribution in [3.63, 3.8) is 0 Å². The fourth-order valence-corrected chi connectivity index (χ4v) is 1.16. The smallest absolute Gasteiger partial charge is 0.160 e. The molecule has 2 heterocycles. The van der Waals surface area contributed by atoms with Gasteiger partial charge in [0.05, 0.1) is 11.4 Å². The molecule has 0 fully saturated rings. The van der Waals surface area contributed by atoms with Crippen LogP contribution in [0, 0.1) is 6.92 Å². The molecule has 0 unspecified atom stereocenters. The number of nitrogens with zero attached hydrogens (tertiary/aromatic N) is 2. The third-order valence-corrected chi connectivity index (χ3v) is 1.63. The number of aromatic nitrogens is 2. The Balaban J connectivity index is 0.000000720. The molecule has 2 aromatic rings. The monoisotopic (exact) mass is 227 g/mol. The van der Waals surface area contributed by atoms with Crippen LogP contribution in [-0.2, 0) is 0 Å². The Morgan fingerprint density at radius 2 is 2.25 bits per heavy atom. The maximum absolute atomic E-state index is 5.69. The molecule has 3 nitrogen and oxygen atoms in total. The zero-order valence-corrected chi connectivity index (χ0v) is 8.40. The summed E-state index contributed by atoms with van der Waals surface area (Å²) in [7, 11) is 0. The Morgan fingerprint density at radius 1 is 1.50 bits per heavy atom. The van der Waals surface area contributed by atoms with Crippen molar-refractivity contribution >= 4 is 28.3 Å². The third-order valence-electron chi connectivity index (χ3n) is 1.63. The number of nitrogens with two attached hydrogens (primary N) is 1. The Hall–Kier alpha value is -1.03. The van der Waals surface area contributed by atoms with Crippen LogP contribution in [0.5, 0.6) is 0 Å². The van der Waals surface area contributed by atoms with E-state index in [0.717, 1.165) is 17.0 Å². The van der Waals surface area contributed by atoms with E-state index in [9.17, 15) is 0 Å². The summed E-state index contributed by atoms with van der Waals surface area (Å²) in [6.07, 6.45) is 3.89. The third kappa shape index (κ3) is 1.30. The van der Waals surface area contributed by atoms with Gasteiger partial charge in [-0.05, 0) is 19.1 Å². The molecule has 0 saturated heterocycles. The first-order valence-electron chi connectivity index (χ1n) is 3.47. The lowest BCUT2D eigenvalue weighted by Crippen LogP contribution is -1.90. The maximum Gasteiger partial charge on any atom is 0.160 e. The molecule has 0 aliphatic heterocycles. The van der Waals surface area contributed by atoms with Gasteiger partial charge in [0, 0.05) is 12.4 Å². The molecule has 0 saturated carbocycles. The average molecular weight is 228 g/mol. The van der Waals surface area contributed by atoms with Gasteiger partial charge >= 0.3 is 0 Å². The van der Waals surface area contributed by atoms with Gasteiger partial charge in [-0.2, -0.15) is 0 Å². The highest BCUT2D eigenvalue weighted by Gasteiger charge is 1.98. The van der Waals surface area contributed by atoms with Gasteiger partial charge in [-0.1, -0.05) is 0 Å². The molecule has 0 atom stereocenters. The van der Waals surface area contributed by atoms with E-state index in [1.807, 2.05) is 35.9 Å². The van der Waals surface area contributed by atoms with E-state index in [0.29, 0.717) is 0 Å².